The average molecular weight is 253 g/mol. The Morgan fingerprint density at radius 2 is 1.83 bits per heavy atom. The molecular weight excluding hydrogens is 230 g/mol. The topological polar surface area (TPSA) is 41.9 Å². The highest BCUT2D eigenvalue weighted by molar-refractivity contribution is 5.39. The molecule has 0 unspecified atom stereocenters. The summed E-state index contributed by atoms with van der Waals surface area (Å²) < 4.78 is 10.9. The summed E-state index contributed by atoms with van der Waals surface area (Å²) in [6.07, 6.45) is 0. The van der Waals surface area contributed by atoms with Gasteiger partial charge in [-0.15, -0.1) is 0 Å². The standard InChI is InChI=1S/C14H23NO3/c1-14(2,16)11-15(3)9-10-18-13-8-6-5-7-12(13)17-4/h5-8,16H,9-11H2,1-4H3. The molecule has 4 nitrogen and oxygen atoms in total. The summed E-state index contributed by atoms with van der Waals surface area (Å²) in [5.74, 6) is 1.49. The number of likely N-dealkylation sites (N-methyl/N-ethyl adjacent to an activating group) is 1. The van der Waals surface area contributed by atoms with Crippen LogP contribution in [0.3, 0.4) is 0 Å². The Morgan fingerprint density at radius 3 is 2.39 bits per heavy atom. The lowest BCUT2D eigenvalue weighted by Gasteiger charge is -2.25. The molecular formula is C14H23NO3. The van der Waals surface area contributed by atoms with Crippen molar-refractivity contribution < 1.29 is 14.6 Å². The maximum absolute atomic E-state index is 9.68. The first-order chi connectivity index (χ1) is 8.42. The van der Waals surface area contributed by atoms with Gasteiger partial charge in [-0.3, -0.25) is 0 Å². The Morgan fingerprint density at radius 1 is 1.22 bits per heavy atom. The Balaban J connectivity index is 2.37. The molecule has 0 heterocycles. The van der Waals surface area contributed by atoms with Gasteiger partial charge in [0.2, 0.25) is 0 Å². The predicted octanol–water partition coefficient (Wildman–Crippen LogP) is 1.78. The minimum Gasteiger partial charge on any atom is -0.493 e. The number of methoxy groups -OCH3 is 1. The molecule has 0 aromatic heterocycles. The van der Waals surface area contributed by atoms with Gasteiger partial charge >= 0.3 is 0 Å². The molecule has 4 heteroatoms. The van der Waals surface area contributed by atoms with Crippen molar-refractivity contribution >= 4 is 0 Å². The fraction of sp³-hybridized carbons (Fsp3) is 0.571. The third kappa shape index (κ3) is 5.38. The van der Waals surface area contributed by atoms with E-state index >= 15 is 0 Å². The van der Waals surface area contributed by atoms with Crippen LogP contribution in [0.5, 0.6) is 11.5 Å². The van der Waals surface area contributed by atoms with Gasteiger partial charge in [-0.05, 0) is 33.0 Å². The summed E-state index contributed by atoms with van der Waals surface area (Å²) in [5.41, 5.74) is -0.681. The van der Waals surface area contributed by atoms with Gasteiger partial charge in [-0.1, -0.05) is 12.1 Å². The van der Waals surface area contributed by atoms with Crippen LogP contribution in [0.25, 0.3) is 0 Å². The van der Waals surface area contributed by atoms with Gasteiger partial charge in [0.1, 0.15) is 6.61 Å². The predicted molar refractivity (Wildman–Crippen MR) is 72.3 cm³/mol. The molecule has 1 N–H and O–H groups in total. The number of rotatable bonds is 7. The molecule has 0 radical (unpaired) electrons. The normalized spacial score (nSPS) is 11.7. The number of hydrogen-bond acceptors (Lipinski definition) is 4. The number of nitrogens with zero attached hydrogens (tertiary/aromatic N) is 1. The van der Waals surface area contributed by atoms with Gasteiger partial charge in [0.05, 0.1) is 12.7 Å². The van der Waals surface area contributed by atoms with Gasteiger partial charge in [0.15, 0.2) is 11.5 Å². The third-order valence-corrected chi connectivity index (χ3v) is 2.46. The summed E-state index contributed by atoms with van der Waals surface area (Å²) in [7, 11) is 3.59. The smallest absolute Gasteiger partial charge is 0.161 e. The van der Waals surface area contributed by atoms with Crippen LogP contribution >= 0.6 is 0 Å². The Bertz CT molecular complexity index is 360. The fourth-order valence-electron chi connectivity index (χ4n) is 1.79. The van der Waals surface area contributed by atoms with Crippen molar-refractivity contribution in [2.45, 2.75) is 19.4 Å². The molecule has 0 aliphatic heterocycles. The number of aliphatic hydroxyl groups is 1. The lowest BCUT2D eigenvalue weighted by Crippen LogP contribution is -2.38. The van der Waals surface area contributed by atoms with E-state index in [1.807, 2.05) is 36.2 Å². The van der Waals surface area contributed by atoms with Gasteiger partial charge in [0, 0.05) is 13.1 Å². The lowest BCUT2D eigenvalue weighted by molar-refractivity contribution is 0.0410. The van der Waals surface area contributed by atoms with Crippen molar-refractivity contribution in [2.75, 3.05) is 33.9 Å². The number of hydrogen-bond donors (Lipinski definition) is 1. The summed E-state index contributed by atoms with van der Waals surface area (Å²) in [4.78, 5) is 2.04. The van der Waals surface area contributed by atoms with E-state index in [1.165, 1.54) is 0 Å². The van der Waals surface area contributed by atoms with E-state index < -0.39 is 5.60 Å². The van der Waals surface area contributed by atoms with Crippen LogP contribution in [-0.4, -0.2) is 49.5 Å². The molecule has 1 rings (SSSR count). The summed E-state index contributed by atoms with van der Waals surface area (Å²) in [6.45, 7) is 5.52. The molecule has 1 aromatic carbocycles. The zero-order chi connectivity index (χ0) is 13.6. The Labute approximate surface area is 109 Å². The summed E-state index contributed by atoms with van der Waals surface area (Å²) in [5, 5.41) is 9.68. The van der Waals surface area contributed by atoms with Crippen LogP contribution in [0.1, 0.15) is 13.8 Å². The summed E-state index contributed by atoms with van der Waals surface area (Å²) >= 11 is 0. The molecule has 0 amide bonds. The van der Waals surface area contributed by atoms with Gasteiger partial charge in [-0.2, -0.15) is 0 Å². The second-order valence-electron chi connectivity index (χ2n) is 5.05. The molecule has 0 fully saturated rings. The highest BCUT2D eigenvalue weighted by Crippen LogP contribution is 2.25. The Hall–Kier alpha value is -1.26. The molecule has 18 heavy (non-hydrogen) atoms. The maximum Gasteiger partial charge on any atom is 0.161 e. The van der Waals surface area contributed by atoms with Crippen LogP contribution in [-0.2, 0) is 0 Å². The quantitative estimate of drug-likeness (QED) is 0.804. The van der Waals surface area contributed by atoms with E-state index in [-0.39, 0.29) is 0 Å². The number of ether oxygens (including phenoxy) is 2. The SMILES string of the molecule is COc1ccccc1OCCN(C)CC(C)(C)O. The van der Waals surface area contributed by atoms with Crippen LogP contribution in [0.4, 0.5) is 0 Å². The zero-order valence-electron chi connectivity index (χ0n) is 11.6. The monoisotopic (exact) mass is 253 g/mol. The first-order valence-electron chi connectivity index (χ1n) is 6.09. The highest BCUT2D eigenvalue weighted by Gasteiger charge is 2.15. The first-order valence-corrected chi connectivity index (χ1v) is 6.09. The molecule has 0 aliphatic carbocycles. The number of benzene rings is 1. The van der Waals surface area contributed by atoms with Crippen LogP contribution in [0, 0.1) is 0 Å². The molecule has 0 aliphatic rings. The van der Waals surface area contributed by atoms with E-state index in [2.05, 4.69) is 0 Å². The van der Waals surface area contributed by atoms with E-state index in [0.717, 1.165) is 18.0 Å². The van der Waals surface area contributed by atoms with Crippen molar-refractivity contribution in [2.24, 2.45) is 0 Å². The number of para-hydroxylation sites is 2. The van der Waals surface area contributed by atoms with E-state index in [0.29, 0.717) is 13.2 Å². The largest absolute Gasteiger partial charge is 0.493 e. The van der Waals surface area contributed by atoms with E-state index in [1.54, 1.807) is 21.0 Å². The molecule has 0 spiro atoms. The highest BCUT2D eigenvalue weighted by atomic mass is 16.5. The molecule has 0 bridgehead atoms. The minimum atomic E-state index is -0.681. The van der Waals surface area contributed by atoms with Crippen molar-refractivity contribution in [3.8, 4) is 11.5 Å². The maximum atomic E-state index is 9.68. The van der Waals surface area contributed by atoms with Crippen LogP contribution < -0.4 is 9.47 Å². The zero-order valence-corrected chi connectivity index (χ0v) is 11.6. The molecule has 0 saturated carbocycles. The molecule has 0 atom stereocenters. The van der Waals surface area contributed by atoms with E-state index in [4.69, 9.17) is 9.47 Å². The summed E-state index contributed by atoms with van der Waals surface area (Å²) in [6, 6.07) is 7.58. The second kappa shape index (κ2) is 6.61. The van der Waals surface area contributed by atoms with Crippen molar-refractivity contribution in [3.63, 3.8) is 0 Å². The third-order valence-electron chi connectivity index (χ3n) is 2.46. The van der Waals surface area contributed by atoms with Crippen molar-refractivity contribution in [3.05, 3.63) is 24.3 Å². The first kappa shape index (κ1) is 14.8. The lowest BCUT2D eigenvalue weighted by atomic mass is 10.1. The van der Waals surface area contributed by atoms with Gasteiger partial charge in [-0.25, -0.2) is 0 Å². The fourth-order valence-corrected chi connectivity index (χ4v) is 1.79. The van der Waals surface area contributed by atoms with Gasteiger partial charge in [0.25, 0.3) is 0 Å². The molecule has 0 saturated heterocycles. The van der Waals surface area contributed by atoms with Crippen LogP contribution in [0.15, 0.2) is 24.3 Å². The second-order valence-corrected chi connectivity index (χ2v) is 5.05. The van der Waals surface area contributed by atoms with Crippen molar-refractivity contribution in [1.29, 1.82) is 0 Å². The Kier molecular flexibility index (Phi) is 5.44. The van der Waals surface area contributed by atoms with E-state index in [9.17, 15) is 5.11 Å². The van der Waals surface area contributed by atoms with Crippen molar-refractivity contribution in [1.82, 2.24) is 4.90 Å². The average Bonchev–Trinajstić information content (AvgIpc) is 2.27. The minimum absolute atomic E-state index is 0.562. The van der Waals surface area contributed by atoms with Crippen LogP contribution in [0.2, 0.25) is 0 Å². The van der Waals surface area contributed by atoms with Gasteiger partial charge < -0.3 is 19.5 Å². The molecule has 1 aromatic rings. The molecule has 102 valence electrons.